The van der Waals surface area contributed by atoms with Gasteiger partial charge in [-0.25, -0.2) is 5.43 Å². The normalized spacial score (nSPS) is 11.1. The minimum atomic E-state index is -0.232. The summed E-state index contributed by atoms with van der Waals surface area (Å²) in [5.74, 6) is 0.669. The van der Waals surface area contributed by atoms with Crippen LogP contribution in [0.4, 0.5) is 5.69 Å². The number of aryl methyl sites for hydroxylation is 2. The maximum Gasteiger partial charge on any atom is 0.250 e. The van der Waals surface area contributed by atoms with Gasteiger partial charge in [0.2, 0.25) is 0 Å². The van der Waals surface area contributed by atoms with Crippen LogP contribution >= 0.6 is 11.8 Å². The molecule has 9 nitrogen and oxygen atoms in total. The van der Waals surface area contributed by atoms with E-state index in [0.29, 0.717) is 11.7 Å². The van der Waals surface area contributed by atoms with Crippen LogP contribution < -0.4 is 10.7 Å². The Morgan fingerprint density at radius 3 is 2.52 bits per heavy atom. The molecule has 2 aromatic heterocycles. The summed E-state index contributed by atoms with van der Waals surface area (Å²) in [4.78, 5) is 12.3. The molecule has 0 aliphatic rings. The Hall–Kier alpha value is -3.92. The summed E-state index contributed by atoms with van der Waals surface area (Å²) in [6, 6.07) is 19.8. The van der Waals surface area contributed by atoms with Crippen molar-refractivity contribution in [3.8, 4) is 5.69 Å². The van der Waals surface area contributed by atoms with Crippen LogP contribution in [0, 0.1) is 6.92 Å². The minimum Gasteiger partial charge on any atom is -0.378 e. The molecule has 2 N–H and O–H groups in total. The van der Waals surface area contributed by atoms with Crippen LogP contribution in [0.3, 0.4) is 0 Å². The Morgan fingerprint density at radius 2 is 1.82 bits per heavy atom. The second-order valence-electron chi connectivity index (χ2n) is 7.21. The molecule has 10 heteroatoms. The topological polar surface area (TPSA) is 102 Å². The van der Waals surface area contributed by atoms with Crippen molar-refractivity contribution in [1.82, 2.24) is 30.0 Å². The first kappa shape index (κ1) is 22.3. The predicted octanol–water partition coefficient (Wildman–Crippen LogP) is 3.16. The van der Waals surface area contributed by atoms with Gasteiger partial charge in [-0.2, -0.15) is 10.2 Å². The number of thioether (sulfide) groups is 1. The third kappa shape index (κ3) is 5.86. The first-order valence-electron chi connectivity index (χ1n) is 10.3. The third-order valence-electron chi connectivity index (χ3n) is 4.72. The predicted molar refractivity (Wildman–Crippen MR) is 130 cm³/mol. The lowest BCUT2D eigenvalue weighted by Crippen LogP contribution is -2.20. The number of carbonyl (C=O) groups is 1. The van der Waals surface area contributed by atoms with Crippen LogP contribution in [0.5, 0.6) is 0 Å². The fourth-order valence-electron chi connectivity index (χ4n) is 3.16. The Labute approximate surface area is 195 Å². The molecule has 0 unspecified atom stereocenters. The van der Waals surface area contributed by atoms with Crippen LogP contribution in [-0.4, -0.2) is 42.4 Å². The number of aromatic nitrogens is 5. The molecule has 1 amide bonds. The first-order chi connectivity index (χ1) is 16.1. The monoisotopic (exact) mass is 460 g/mol. The molecule has 0 spiro atoms. The van der Waals surface area contributed by atoms with Crippen molar-refractivity contribution >= 4 is 29.6 Å². The number of hydrogen-bond acceptors (Lipinski definition) is 7. The van der Waals surface area contributed by atoms with E-state index in [4.69, 9.17) is 0 Å². The summed E-state index contributed by atoms with van der Waals surface area (Å²) in [7, 11) is 1.84. The van der Waals surface area contributed by atoms with E-state index in [-0.39, 0.29) is 11.7 Å². The molecule has 2 aromatic carbocycles. The summed E-state index contributed by atoms with van der Waals surface area (Å²) in [6.45, 7) is 2.38. The van der Waals surface area contributed by atoms with Crippen molar-refractivity contribution < 1.29 is 4.79 Å². The average Bonchev–Trinajstić information content (AvgIpc) is 3.39. The Bertz CT molecular complexity index is 1230. The largest absolute Gasteiger partial charge is 0.378 e. The van der Waals surface area contributed by atoms with E-state index in [1.807, 2.05) is 85.4 Å². The number of nitrogens with one attached hydrogen (secondary N) is 2. The van der Waals surface area contributed by atoms with Gasteiger partial charge in [-0.05, 0) is 31.2 Å². The van der Waals surface area contributed by atoms with E-state index in [2.05, 4.69) is 31.1 Å². The third-order valence-corrected chi connectivity index (χ3v) is 5.64. The van der Waals surface area contributed by atoms with Crippen molar-refractivity contribution in [2.24, 2.45) is 12.1 Å². The molecule has 0 saturated carbocycles. The van der Waals surface area contributed by atoms with Crippen LogP contribution in [0.25, 0.3) is 5.69 Å². The fraction of sp³-hybridized carbons (Fsp3) is 0.174. The van der Waals surface area contributed by atoms with Crippen molar-refractivity contribution in [2.75, 3.05) is 11.1 Å². The SMILES string of the molecule is Cc1nn(C)cc1/C=N/NC(=O)CSc1nnc(CNc2ccccc2)n1-c1ccccc1. The Morgan fingerprint density at radius 1 is 1.09 bits per heavy atom. The quantitative estimate of drug-likeness (QED) is 0.226. The minimum absolute atomic E-state index is 0.153. The maximum absolute atomic E-state index is 12.3. The van der Waals surface area contributed by atoms with Crippen molar-refractivity contribution in [1.29, 1.82) is 0 Å². The highest BCUT2D eigenvalue weighted by Crippen LogP contribution is 2.22. The summed E-state index contributed by atoms with van der Waals surface area (Å²) in [5.41, 5.74) is 6.18. The van der Waals surface area contributed by atoms with Crippen LogP contribution in [0.1, 0.15) is 17.1 Å². The average molecular weight is 461 g/mol. The lowest BCUT2D eigenvalue weighted by atomic mass is 10.3. The zero-order chi connectivity index (χ0) is 23.0. The lowest BCUT2D eigenvalue weighted by Gasteiger charge is -2.11. The van der Waals surface area contributed by atoms with Gasteiger partial charge >= 0.3 is 0 Å². The van der Waals surface area contributed by atoms with Gasteiger partial charge in [0.15, 0.2) is 11.0 Å². The standard InChI is InChI=1S/C23H24N8OS/c1-17-18(15-30(2)29-17)13-25-27-22(32)16-33-23-28-26-21(14-24-19-9-5-3-6-10-19)31(23)20-11-7-4-8-12-20/h3-13,15,24H,14,16H2,1-2H3,(H,27,32)/b25-13+. The van der Waals surface area contributed by atoms with Crippen LogP contribution in [0.2, 0.25) is 0 Å². The summed E-state index contributed by atoms with van der Waals surface area (Å²) in [5, 5.41) is 21.0. The van der Waals surface area contributed by atoms with Crippen LogP contribution in [-0.2, 0) is 18.4 Å². The Balaban J connectivity index is 1.42. The molecule has 0 saturated heterocycles. The molecule has 0 bridgehead atoms. The summed E-state index contributed by atoms with van der Waals surface area (Å²) < 4.78 is 3.66. The highest BCUT2D eigenvalue weighted by atomic mass is 32.2. The second kappa shape index (κ2) is 10.6. The van der Waals surface area contributed by atoms with Gasteiger partial charge in [0.05, 0.1) is 24.2 Å². The second-order valence-corrected chi connectivity index (χ2v) is 8.16. The summed E-state index contributed by atoms with van der Waals surface area (Å²) >= 11 is 1.31. The number of amides is 1. The number of nitrogens with zero attached hydrogens (tertiary/aromatic N) is 6. The molecule has 4 rings (SSSR count). The molecule has 4 aromatic rings. The van der Waals surface area contributed by atoms with E-state index in [0.717, 1.165) is 28.5 Å². The van der Waals surface area contributed by atoms with Gasteiger partial charge in [0.25, 0.3) is 5.91 Å². The van der Waals surface area contributed by atoms with Gasteiger partial charge in [0.1, 0.15) is 0 Å². The maximum atomic E-state index is 12.3. The van der Waals surface area contributed by atoms with Gasteiger partial charge in [-0.3, -0.25) is 14.0 Å². The zero-order valence-corrected chi connectivity index (χ0v) is 19.2. The zero-order valence-electron chi connectivity index (χ0n) is 18.3. The van der Waals surface area contributed by atoms with Crippen molar-refractivity contribution in [3.63, 3.8) is 0 Å². The van der Waals surface area contributed by atoms with Gasteiger partial charge in [-0.1, -0.05) is 48.2 Å². The Kier molecular flexibility index (Phi) is 7.16. The van der Waals surface area contributed by atoms with Crippen molar-refractivity contribution in [2.45, 2.75) is 18.6 Å². The van der Waals surface area contributed by atoms with E-state index < -0.39 is 0 Å². The molecule has 168 valence electrons. The molecule has 0 atom stereocenters. The highest BCUT2D eigenvalue weighted by molar-refractivity contribution is 7.99. The number of hydrogen-bond donors (Lipinski definition) is 2. The number of carbonyl (C=O) groups excluding carboxylic acids is 1. The first-order valence-corrected chi connectivity index (χ1v) is 11.3. The van der Waals surface area contributed by atoms with Gasteiger partial charge in [0, 0.05) is 30.2 Å². The number of hydrazone groups is 1. The van der Waals surface area contributed by atoms with E-state index in [1.54, 1.807) is 10.9 Å². The van der Waals surface area contributed by atoms with E-state index in [9.17, 15) is 4.79 Å². The van der Waals surface area contributed by atoms with E-state index >= 15 is 0 Å². The summed E-state index contributed by atoms with van der Waals surface area (Å²) in [6.07, 6.45) is 3.43. The number of para-hydroxylation sites is 2. The van der Waals surface area contributed by atoms with Crippen LogP contribution in [0.15, 0.2) is 77.1 Å². The fourth-order valence-corrected chi connectivity index (χ4v) is 3.93. The lowest BCUT2D eigenvalue weighted by molar-refractivity contribution is -0.118. The number of anilines is 1. The molecular formula is C23H24N8OS. The number of rotatable bonds is 9. The molecule has 0 aliphatic heterocycles. The smallest absolute Gasteiger partial charge is 0.250 e. The van der Waals surface area contributed by atoms with Gasteiger partial charge in [-0.15, -0.1) is 10.2 Å². The van der Waals surface area contributed by atoms with Gasteiger partial charge < -0.3 is 5.32 Å². The molecule has 2 heterocycles. The number of benzene rings is 2. The molecule has 33 heavy (non-hydrogen) atoms. The molecule has 0 fully saturated rings. The van der Waals surface area contributed by atoms with E-state index in [1.165, 1.54) is 11.8 Å². The van der Waals surface area contributed by atoms with Crippen molar-refractivity contribution in [3.05, 3.63) is 83.9 Å². The molecule has 0 radical (unpaired) electrons. The molecular weight excluding hydrogens is 436 g/mol. The highest BCUT2D eigenvalue weighted by Gasteiger charge is 2.15. The molecule has 0 aliphatic carbocycles.